The maximum atomic E-state index is 11.5. The zero-order valence-corrected chi connectivity index (χ0v) is 12.0. The van der Waals surface area contributed by atoms with Crippen LogP contribution >= 0.6 is 0 Å². The smallest absolute Gasteiger partial charge is 0.251 e. The maximum Gasteiger partial charge on any atom is 0.251 e. The van der Waals surface area contributed by atoms with E-state index >= 15 is 0 Å². The fourth-order valence-corrected chi connectivity index (χ4v) is 2.55. The predicted molar refractivity (Wildman–Crippen MR) is 77.2 cm³/mol. The third kappa shape index (κ3) is 3.78. The molecule has 2 N–H and O–H groups in total. The van der Waals surface area contributed by atoms with Crippen molar-refractivity contribution in [2.75, 3.05) is 26.7 Å². The van der Waals surface area contributed by atoms with Gasteiger partial charge in [-0.15, -0.1) is 0 Å². The Kier molecular flexibility index (Phi) is 4.22. The van der Waals surface area contributed by atoms with Crippen molar-refractivity contribution in [3.8, 4) is 0 Å². The lowest BCUT2D eigenvalue weighted by molar-refractivity contribution is 0.0963. The highest BCUT2D eigenvalue weighted by Gasteiger charge is 2.25. The summed E-state index contributed by atoms with van der Waals surface area (Å²) in [4.78, 5) is 13.9. The lowest BCUT2D eigenvalue weighted by atomic mass is 10.0. The summed E-state index contributed by atoms with van der Waals surface area (Å²) >= 11 is 0. The largest absolute Gasteiger partial charge is 0.355 e. The number of nitrogens with zero attached hydrogens (tertiary/aromatic N) is 1. The number of nitrogens with one attached hydrogen (secondary N) is 2. The molecule has 0 aromatic heterocycles. The van der Waals surface area contributed by atoms with Gasteiger partial charge >= 0.3 is 0 Å². The Balaban J connectivity index is 1.98. The van der Waals surface area contributed by atoms with Gasteiger partial charge in [0.15, 0.2) is 0 Å². The molecule has 2 rings (SSSR count). The number of hydrogen-bond donors (Lipinski definition) is 2. The third-order valence-corrected chi connectivity index (χ3v) is 3.50. The summed E-state index contributed by atoms with van der Waals surface area (Å²) in [7, 11) is 1.65. The van der Waals surface area contributed by atoms with E-state index in [1.165, 1.54) is 5.56 Å². The first-order valence-electron chi connectivity index (χ1n) is 6.78. The van der Waals surface area contributed by atoms with Crippen LogP contribution in [-0.2, 0) is 6.54 Å². The average Bonchev–Trinajstić information content (AvgIpc) is 2.37. The quantitative estimate of drug-likeness (QED) is 0.860. The van der Waals surface area contributed by atoms with E-state index in [1.807, 2.05) is 24.3 Å². The molecule has 1 fully saturated rings. The van der Waals surface area contributed by atoms with Crippen molar-refractivity contribution in [3.05, 3.63) is 35.4 Å². The van der Waals surface area contributed by atoms with Gasteiger partial charge < -0.3 is 10.6 Å². The van der Waals surface area contributed by atoms with Gasteiger partial charge in [0.25, 0.3) is 5.91 Å². The fourth-order valence-electron chi connectivity index (χ4n) is 2.55. The second-order valence-electron chi connectivity index (χ2n) is 5.80. The Morgan fingerprint density at radius 2 is 2.05 bits per heavy atom. The molecule has 0 unspecified atom stereocenters. The first-order chi connectivity index (χ1) is 9.00. The molecule has 1 saturated heterocycles. The number of hydrogen-bond acceptors (Lipinski definition) is 3. The van der Waals surface area contributed by atoms with Gasteiger partial charge in [-0.05, 0) is 31.5 Å². The number of benzene rings is 1. The molecule has 0 spiro atoms. The van der Waals surface area contributed by atoms with Crippen LogP contribution in [0.25, 0.3) is 0 Å². The Hall–Kier alpha value is -1.39. The van der Waals surface area contributed by atoms with Crippen LogP contribution in [0.2, 0.25) is 0 Å². The van der Waals surface area contributed by atoms with Crippen molar-refractivity contribution >= 4 is 5.91 Å². The highest BCUT2D eigenvalue weighted by atomic mass is 16.1. The van der Waals surface area contributed by atoms with Crippen molar-refractivity contribution in [2.45, 2.75) is 25.9 Å². The Morgan fingerprint density at radius 1 is 1.37 bits per heavy atom. The molecule has 0 radical (unpaired) electrons. The summed E-state index contributed by atoms with van der Waals surface area (Å²) in [6.07, 6.45) is 0. The molecule has 0 atom stereocenters. The van der Waals surface area contributed by atoms with Gasteiger partial charge in [0.05, 0.1) is 0 Å². The molecule has 104 valence electrons. The topological polar surface area (TPSA) is 44.4 Å². The van der Waals surface area contributed by atoms with E-state index in [0.717, 1.165) is 26.2 Å². The first kappa shape index (κ1) is 14.0. The molecule has 19 heavy (non-hydrogen) atoms. The van der Waals surface area contributed by atoms with E-state index in [-0.39, 0.29) is 11.4 Å². The minimum absolute atomic E-state index is 0.0325. The SMILES string of the molecule is CNC(=O)c1ccc(CN2CCNC(C)(C)C2)cc1. The van der Waals surface area contributed by atoms with E-state index in [1.54, 1.807) is 7.05 Å². The van der Waals surface area contributed by atoms with Crippen molar-refractivity contribution in [1.82, 2.24) is 15.5 Å². The Morgan fingerprint density at radius 3 is 2.63 bits per heavy atom. The maximum absolute atomic E-state index is 11.5. The molecule has 0 bridgehead atoms. The number of carbonyl (C=O) groups is 1. The second kappa shape index (κ2) is 5.72. The molecule has 0 saturated carbocycles. The van der Waals surface area contributed by atoms with Crippen LogP contribution in [0.4, 0.5) is 0 Å². The standard InChI is InChI=1S/C15H23N3O/c1-15(2)11-18(9-8-17-15)10-12-4-6-13(7-5-12)14(19)16-3/h4-7,17H,8-11H2,1-3H3,(H,16,19). The second-order valence-corrected chi connectivity index (χ2v) is 5.80. The van der Waals surface area contributed by atoms with Gasteiger partial charge in [-0.3, -0.25) is 9.69 Å². The van der Waals surface area contributed by atoms with Crippen molar-refractivity contribution < 1.29 is 4.79 Å². The Bertz CT molecular complexity index is 439. The van der Waals surface area contributed by atoms with Crippen LogP contribution in [-0.4, -0.2) is 43.0 Å². The molecular formula is C15H23N3O. The lowest BCUT2D eigenvalue weighted by Crippen LogP contribution is -2.56. The van der Waals surface area contributed by atoms with Crippen molar-refractivity contribution in [1.29, 1.82) is 0 Å². The van der Waals surface area contributed by atoms with Crippen LogP contribution in [0.15, 0.2) is 24.3 Å². The average molecular weight is 261 g/mol. The lowest BCUT2D eigenvalue weighted by Gasteiger charge is -2.39. The van der Waals surface area contributed by atoms with E-state index < -0.39 is 0 Å². The van der Waals surface area contributed by atoms with Gasteiger partial charge in [0.1, 0.15) is 0 Å². The van der Waals surface area contributed by atoms with Crippen LogP contribution in [0.5, 0.6) is 0 Å². The minimum atomic E-state index is -0.0325. The van der Waals surface area contributed by atoms with Crippen molar-refractivity contribution in [3.63, 3.8) is 0 Å². The molecule has 1 aliphatic heterocycles. The summed E-state index contributed by atoms with van der Waals surface area (Å²) in [5, 5.41) is 6.15. The molecular weight excluding hydrogens is 238 g/mol. The van der Waals surface area contributed by atoms with Crippen LogP contribution in [0.1, 0.15) is 29.8 Å². The Labute approximate surface area is 115 Å². The molecule has 0 aliphatic carbocycles. The number of piperazine rings is 1. The van der Waals surface area contributed by atoms with E-state index in [0.29, 0.717) is 5.56 Å². The molecule has 1 amide bonds. The minimum Gasteiger partial charge on any atom is -0.355 e. The summed E-state index contributed by atoms with van der Waals surface area (Å²) in [5.74, 6) is -0.0325. The summed E-state index contributed by atoms with van der Waals surface area (Å²) in [5.41, 5.74) is 2.15. The summed E-state index contributed by atoms with van der Waals surface area (Å²) in [6, 6.07) is 7.86. The number of amides is 1. The molecule has 1 aromatic rings. The first-order valence-corrected chi connectivity index (χ1v) is 6.78. The van der Waals surface area contributed by atoms with Gasteiger partial charge in [0, 0.05) is 44.3 Å². The normalized spacial score (nSPS) is 19.1. The highest BCUT2D eigenvalue weighted by molar-refractivity contribution is 5.93. The van der Waals surface area contributed by atoms with Crippen LogP contribution < -0.4 is 10.6 Å². The monoisotopic (exact) mass is 261 g/mol. The van der Waals surface area contributed by atoms with Crippen LogP contribution in [0.3, 0.4) is 0 Å². The van der Waals surface area contributed by atoms with E-state index in [9.17, 15) is 4.79 Å². The van der Waals surface area contributed by atoms with E-state index in [2.05, 4.69) is 29.4 Å². The zero-order valence-electron chi connectivity index (χ0n) is 12.0. The molecule has 1 aromatic carbocycles. The molecule has 1 aliphatic rings. The molecule has 4 heteroatoms. The van der Waals surface area contributed by atoms with Gasteiger partial charge in [-0.1, -0.05) is 12.1 Å². The van der Waals surface area contributed by atoms with E-state index in [4.69, 9.17) is 0 Å². The van der Waals surface area contributed by atoms with Gasteiger partial charge in [-0.25, -0.2) is 0 Å². The number of rotatable bonds is 3. The fraction of sp³-hybridized carbons (Fsp3) is 0.533. The zero-order chi connectivity index (χ0) is 13.9. The molecule has 4 nitrogen and oxygen atoms in total. The predicted octanol–water partition coefficient (Wildman–Crippen LogP) is 1.23. The highest BCUT2D eigenvalue weighted by Crippen LogP contribution is 2.14. The third-order valence-electron chi connectivity index (χ3n) is 3.50. The summed E-state index contributed by atoms with van der Waals surface area (Å²) in [6.45, 7) is 8.55. The molecule has 1 heterocycles. The number of carbonyl (C=O) groups excluding carboxylic acids is 1. The van der Waals surface area contributed by atoms with Crippen molar-refractivity contribution in [2.24, 2.45) is 0 Å². The van der Waals surface area contributed by atoms with Gasteiger partial charge in [-0.2, -0.15) is 0 Å². The summed E-state index contributed by atoms with van der Waals surface area (Å²) < 4.78 is 0. The van der Waals surface area contributed by atoms with Crippen LogP contribution in [0, 0.1) is 0 Å². The van der Waals surface area contributed by atoms with Gasteiger partial charge in [0.2, 0.25) is 0 Å².